The molecule has 0 bridgehead atoms. The first-order valence-corrected chi connectivity index (χ1v) is 10.7. The second-order valence-corrected chi connectivity index (χ2v) is 7.17. The zero-order valence-electron chi connectivity index (χ0n) is 17.6. The normalized spacial score (nSPS) is 10.5. The van der Waals surface area contributed by atoms with Gasteiger partial charge in [-0.2, -0.15) is 0 Å². The third kappa shape index (κ3) is 12.4. The SMILES string of the molecule is CCCCCCCCCCOC(=O)CCCC(=O)NCc1ccc(OC)cc1. The molecule has 0 aliphatic rings. The van der Waals surface area contributed by atoms with Crippen LogP contribution in [0, 0.1) is 0 Å². The molecule has 0 heterocycles. The Morgan fingerprint density at radius 2 is 1.50 bits per heavy atom. The third-order valence-electron chi connectivity index (χ3n) is 4.69. The van der Waals surface area contributed by atoms with Gasteiger partial charge in [0.25, 0.3) is 0 Å². The fourth-order valence-electron chi connectivity index (χ4n) is 2.92. The van der Waals surface area contributed by atoms with Crippen molar-refractivity contribution in [3.63, 3.8) is 0 Å². The van der Waals surface area contributed by atoms with Crippen LogP contribution in [0.3, 0.4) is 0 Å². The lowest BCUT2D eigenvalue weighted by molar-refractivity contribution is -0.143. The van der Waals surface area contributed by atoms with Crippen LogP contribution in [0.25, 0.3) is 0 Å². The second-order valence-electron chi connectivity index (χ2n) is 7.17. The number of carbonyl (C=O) groups is 2. The van der Waals surface area contributed by atoms with Gasteiger partial charge in [0, 0.05) is 19.4 Å². The summed E-state index contributed by atoms with van der Waals surface area (Å²) in [6.45, 7) is 3.20. The number of amides is 1. The Hall–Kier alpha value is -2.04. The van der Waals surface area contributed by atoms with Gasteiger partial charge in [0.05, 0.1) is 13.7 Å². The van der Waals surface area contributed by atoms with Crippen LogP contribution in [0.1, 0.15) is 83.1 Å². The zero-order chi connectivity index (χ0) is 20.5. The monoisotopic (exact) mass is 391 g/mol. The molecule has 5 heteroatoms. The number of benzene rings is 1. The van der Waals surface area contributed by atoms with E-state index in [0.29, 0.717) is 32.4 Å². The molecule has 0 aliphatic heterocycles. The Morgan fingerprint density at radius 3 is 2.14 bits per heavy atom. The van der Waals surface area contributed by atoms with E-state index in [-0.39, 0.29) is 11.9 Å². The van der Waals surface area contributed by atoms with Gasteiger partial charge in [-0.15, -0.1) is 0 Å². The van der Waals surface area contributed by atoms with E-state index < -0.39 is 0 Å². The number of methoxy groups -OCH3 is 1. The first-order chi connectivity index (χ1) is 13.7. The number of ether oxygens (including phenoxy) is 2. The number of rotatable bonds is 16. The Kier molecular flexibility index (Phi) is 13.7. The molecule has 0 unspecified atom stereocenters. The summed E-state index contributed by atoms with van der Waals surface area (Å²) in [6.07, 6.45) is 11.0. The lowest BCUT2D eigenvalue weighted by Crippen LogP contribution is -2.22. The van der Waals surface area contributed by atoms with Gasteiger partial charge in [-0.05, 0) is 30.5 Å². The first-order valence-electron chi connectivity index (χ1n) is 10.7. The summed E-state index contributed by atoms with van der Waals surface area (Å²) in [4.78, 5) is 23.6. The van der Waals surface area contributed by atoms with Crippen LogP contribution in [0.15, 0.2) is 24.3 Å². The first kappa shape index (κ1) is 24.0. The van der Waals surface area contributed by atoms with Crippen molar-refractivity contribution in [1.29, 1.82) is 0 Å². The number of nitrogens with one attached hydrogen (secondary N) is 1. The second kappa shape index (κ2) is 16.0. The molecule has 5 nitrogen and oxygen atoms in total. The van der Waals surface area contributed by atoms with Gasteiger partial charge < -0.3 is 14.8 Å². The molecule has 0 atom stereocenters. The molecule has 1 aromatic rings. The lowest BCUT2D eigenvalue weighted by atomic mass is 10.1. The standard InChI is InChI=1S/C23H37NO4/c1-3-4-5-6-7-8-9-10-18-28-23(26)13-11-12-22(25)24-19-20-14-16-21(27-2)17-15-20/h14-17H,3-13,18-19H2,1-2H3,(H,24,25). The number of esters is 1. The zero-order valence-corrected chi connectivity index (χ0v) is 17.6. The average molecular weight is 392 g/mol. The van der Waals surface area contributed by atoms with Gasteiger partial charge in [-0.1, -0.05) is 64.0 Å². The van der Waals surface area contributed by atoms with Crippen LogP contribution in [0.2, 0.25) is 0 Å². The molecule has 0 aromatic heterocycles. The van der Waals surface area contributed by atoms with E-state index in [9.17, 15) is 9.59 Å². The summed E-state index contributed by atoms with van der Waals surface area (Å²) in [6, 6.07) is 7.57. The third-order valence-corrected chi connectivity index (χ3v) is 4.69. The molecule has 0 radical (unpaired) electrons. The van der Waals surface area contributed by atoms with Gasteiger partial charge >= 0.3 is 5.97 Å². The largest absolute Gasteiger partial charge is 0.497 e. The van der Waals surface area contributed by atoms with Crippen LogP contribution in [0.5, 0.6) is 5.75 Å². The summed E-state index contributed by atoms with van der Waals surface area (Å²) in [7, 11) is 1.62. The minimum atomic E-state index is -0.203. The molecule has 28 heavy (non-hydrogen) atoms. The van der Waals surface area contributed by atoms with Gasteiger partial charge in [0.2, 0.25) is 5.91 Å². The molecular formula is C23H37NO4. The Labute approximate surface area is 170 Å². The average Bonchev–Trinajstić information content (AvgIpc) is 2.71. The van der Waals surface area contributed by atoms with E-state index in [4.69, 9.17) is 9.47 Å². The predicted molar refractivity (Wildman–Crippen MR) is 112 cm³/mol. The van der Waals surface area contributed by atoms with Gasteiger partial charge in [-0.3, -0.25) is 9.59 Å². The van der Waals surface area contributed by atoms with Gasteiger partial charge in [0.1, 0.15) is 5.75 Å². The van der Waals surface area contributed by atoms with Crippen molar-refractivity contribution in [3.05, 3.63) is 29.8 Å². The van der Waals surface area contributed by atoms with Crippen molar-refractivity contribution in [1.82, 2.24) is 5.32 Å². The minimum absolute atomic E-state index is 0.0494. The van der Waals surface area contributed by atoms with Gasteiger partial charge in [-0.25, -0.2) is 0 Å². The van der Waals surface area contributed by atoms with E-state index >= 15 is 0 Å². The van der Waals surface area contributed by atoms with Crippen molar-refractivity contribution < 1.29 is 19.1 Å². The highest BCUT2D eigenvalue weighted by Crippen LogP contribution is 2.11. The van der Waals surface area contributed by atoms with Crippen LogP contribution >= 0.6 is 0 Å². The summed E-state index contributed by atoms with van der Waals surface area (Å²) >= 11 is 0. The van der Waals surface area contributed by atoms with Crippen LogP contribution in [-0.2, 0) is 20.9 Å². The summed E-state index contributed by atoms with van der Waals surface area (Å²) in [5.74, 6) is 0.540. The molecule has 0 aliphatic carbocycles. The van der Waals surface area contributed by atoms with Crippen LogP contribution < -0.4 is 10.1 Å². The summed E-state index contributed by atoms with van der Waals surface area (Å²) in [5.41, 5.74) is 1.01. The molecule has 0 spiro atoms. The summed E-state index contributed by atoms with van der Waals surface area (Å²) in [5, 5.41) is 2.86. The highest BCUT2D eigenvalue weighted by atomic mass is 16.5. The molecule has 1 aromatic carbocycles. The molecule has 158 valence electrons. The Bertz CT molecular complexity index is 542. The maximum atomic E-state index is 11.9. The fourth-order valence-corrected chi connectivity index (χ4v) is 2.92. The van der Waals surface area contributed by atoms with Crippen molar-refractivity contribution in [2.45, 2.75) is 84.1 Å². The maximum Gasteiger partial charge on any atom is 0.305 e. The van der Waals surface area contributed by atoms with E-state index in [0.717, 1.165) is 24.2 Å². The Balaban J connectivity index is 1.96. The number of carbonyl (C=O) groups excluding carboxylic acids is 2. The lowest BCUT2D eigenvalue weighted by Gasteiger charge is -2.07. The van der Waals surface area contributed by atoms with Gasteiger partial charge in [0.15, 0.2) is 0 Å². The molecule has 1 rings (SSSR count). The number of unbranched alkanes of at least 4 members (excludes halogenated alkanes) is 7. The highest BCUT2D eigenvalue weighted by molar-refractivity contribution is 5.77. The van der Waals surface area contributed by atoms with E-state index in [2.05, 4.69) is 12.2 Å². The molecule has 1 amide bonds. The molecular weight excluding hydrogens is 354 g/mol. The van der Waals surface area contributed by atoms with Crippen molar-refractivity contribution >= 4 is 11.9 Å². The van der Waals surface area contributed by atoms with Crippen molar-refractivity contribution in [2.75, 3.05) is 13.7 Å². The van der Waals surface area contributed by atoms with Crippen LogP contribution in [-0.4, -0.2) is 25.6 Å². The van der Waals surface area contributed by atoms with Crippen molar-refractivity contribution in [3.8, 4) is 5.75 Å². The minimum Gasteiger partial charge on any atom is -0.497 e. The smallest absolute Gasteiger partial charge is 0.305 e. The van der Waals surface area contributed by atoms with E-state index in [1.165, 1.54) is 38.5 Å². The topological polar surface area (TPSA) is 64.6 Å². The predicted octanol–water partition coefficient (Wildman–Crippen LogP) is 5.17. The number of hydrogen-bond acceptors (Lipinski definition) is 4. The number of hydrogen-bond donors (Lipinski definition) is 1. The molecule has 0 saturated carbocycles. The highest BCUT2D eigenvalue weighted by Gasteiger charge is 2.06. The maximum absolute atomic E-state index is 11.9. The molecule has 0 fully saturated rings. The fraction of sp³-hybridized carbons (Fsp3) is 0.652. The van der Waals surface area contributed by atoms with Crippen molar-refractivity contribution in [2.24, 2.45) is 0 Å². The quantitative estimate of drug-likeness (QED) is 0.312. The van der Waals surface area contributed by atoms with E-state index in [1.807, 2.05) is 24.3 Å². The Morgan fingerprint density at radius 1 is 0.857 bits per heavy atom. The van der Waals surface area contributed by atoms with Crippen LogP contribution in [0.4, 0.5) is 0 Å². The summed E-state index contributed by atoms with van der Waals surface area (Å²) < 4.78 is 10.3. The molecule has 1 N–H and O–H groups in total. The van der Waals surface area contributed by atoms with E-state index in [1.54, 1.807) is 7.11 Å². The molecule has 0 saturated heterocycles.